The van der Waals surface area contributed by atoms with E-state index in [9.17, 15) is 29.5 Å². The minimum atomic E-state index is -1.38. The molecule has 41 heavy (non-hydrogen) atoms. The standard InChI is InChI=1S/C32H25ClN2O6/c33-19-7-4-8-20(15-19)34-29(38)25-16-24-22(13-14-23-26(24)30(39)35(41)28(23)37)27(17-9-11-21(36)12-10-17)32(25,31(34)40)18-5-2-1-3-6-18/h1-13,15,23-27,36,41H,14,16H2. The van der Waals surface area contributed by atoms with E-state index in [1.54, 1.807) is 36.4 Å². The van der Waals surface area contributed by atoms with Crippen LogP contribution in [0.25, 0.3) is 0 Å². The fourth-order valence-corrected chi connectivity index (χ4v) is 7.95. The summed E-state index contributed by atoms with van der Waals surface area (Å²) in [6, 6.07) is 22.3. The zero-order chi connectivity index (χ0) is 28.6. The predicted octanol–water partition coefficient (Wildman–Crippen LogP) is 4.60. The lowest BCUT2D eigenvalue weighted by Crippen LogP contribution is -2.53. The van der Waals surface area contributed by atoms with Gasteiger partial charge in [-0.3, -0.25) is 24.4 Å². The van der Waals surface area contributed by atoms with Gasteiger partial charge in [-0.05, 0) is 60.2 Å². The monoisotopic (exact) mass is 568 g/mol. The summed E-state index contributed by atoms with van der Waals surface area (Å²) >= 11 is 6.29. The minimum absolute atomic E-state index is 0.0472. The van der Waals surface area contributed by atoms with Crippen LogP contribution in [-0.2, 0) is 24.6 Å². The lowest BCUT2D eigenvalue weighted by molar-refractivity contribution is -0.173. The zero-order valence-electron chi connectivity index (χ0n) is 21.7. The van der Waals surface area contributed by atoms with E-state index >= 15 is 0 Å². The van der Waals surface area contributed by atoms with Gasteiger partial charge < -0.3 is 5.11 Å². The molecule has 0 aromatic heterocycles. The maximum atomic E-state index is 14.9. The van der Waals surface area contributed by atoms with Crippen molar-refractivity contribution in [3.8, 4) is 5.75 Å². The normalized spacial score (nSPS) is 30.7. The van der Waals surface area contributed by atoms with Gasteiger partial charge in [0.15, 0.2) is 0 Å². The average Bonchev–Trinajstić information content (AvgIpc) is 3.34. The molecule has 2 aliphatic heterocycles. The molecule has 2 saturated heterocycles. The summed E-state index contributed by atoms with van der Waals surface area (Å²) in [5, 5.41) is 21.0. The Morgan fingerprint density at radius 2 is 1.56 bits per heavy atom. The van der Waals surface area contributed by atoms with Gasteiger partial charge in [-0.15, -0.1) is 0 Å². The average molecular weight is 569 g/mol. The highest BCUT2D eigenvalue weighted by Crippen LogP contribution is 2.64. The summed E-state index contributed by atoms with van der Waals surface area (Å²) in [6.45, 7) is 0. The van der Waals surface area contributed by atoms with Crippen LogP contribution in [0, 0.1) is 23.7 Å². The number of amides is 4. The van der Waals surface area contributed by atoms with Gasteiger partial charge in [-0.2, -0.15) is 5.06 Å². The van der Waals surface area contributed by atoms with Gasteiger partial charge in [-0.25, -0.2) is 4.90 Å². The van der Waals surface area contributed by atoms with Crippen molar-refractivity contribution < 1.29 is 29.5 Å². The second-order valence-electron chi connectivity index (χ2n) is 11.2. The molecular weight excluding hydrogens is 544 g/mol. The van der Waals surface area contributed by atoms with Crippen LogP contribution in [-0.4, -0.2) is 39.0 Å². The first-order valence-corrected chi connectivity index (χ1v) is 13.9. The molecule has 9 heteroatoms. The van der Waals surface area contributed by atoms with Gasteiger partial charge in [0.2, 0.25) is 11.8 Å². The second-order valence-corrected chi connectivity index (χ2v) is 11.6. The molecule has 6 atom stereocenters. The number of benzene rings is 3. The molecule has 4 amide bonds. The van der Waals surface area contributed by atoms with Crippen molar-refractivity contribution in [2.24, 2.45) is 23.7 Å². The highest BCUT2D eigenvalue weighted by Gasteiger charge is 2.70. The smallest absolute Gasteiger partial charge is 0.257 e. The van der Waals surface area contributed by atoms with Gasteiger partial charge in [0.25, 0.3) is 11.8 Å². The number of hydroxylamine groups is 2. The minimum Gasteiger partial charge on any atom is -0.508 e. The highest BCUT2D eigenvalue weighted by atomic mass is 35.5. The largest absolute Gasteiger partial charge is 0.508 e. The van der Waals surface area contributed by atoms with Crippen LogP contribution in [0.3, 0.4) is 0 Å². The van der Waals surface area contributed by atoms with Gasteiger partial charge >= 0.3 is 0 Å². The van der Waals surface area contributed by atoms with E-state index < -0.39 is 58.6 Å². The first-order chi connectivity index (χ1) is 19.7. The highest BCUT2D eigenvalue weighted by molar-refractivity contribution is 6.32. The molecule has 0 bridgehead atoms. The van der Waals surface area contributed by atoms with E-state index in [0.29, 0.717) is 21.8 Å². The summed E-state index contributed by atoms with van der Waals surface area (Å²) in [5.41, 5.74) is 1.10. The Labute approximate surface area is 240 Å². The number of anilines is 1. The third-order valence-electron chi connectivity index (χ3n) is 9.37. The molecule has 3 aromatic carbocycles. The number of imide groups is 2. The van der Waals surface area contributed by atoms with Crippen LogP contribution in [0.15, 0.2) is 90.5 Å². The van der Waals surface area contributed by atoms with E-state index in [4.69, 9.17) is 11.6 Å². The Morgan fingerprint density at radius 3 is 2.27 bits per heavy atom. The molecular formula is C32H25ClN2O6. The molecule has 3 aromatic rings. The molecule has 6 unspecified atom stereocenters. The van der Waals surface area contributed by atoms with Gasteiger partial charge in [0.05, 0.1) is 28.9 Å². The Balaban J connectivity index is 1.51. The fourth-order valence-electron chi connectivity index (χ4n) is 7.77. The maximum absolute atomic E-state index is 14.9. The third-order valence-corrected chi connectivity index (χ3v) is 9.61. The topological polar surface area (TPSA) is 115 Å². The van der Waals surface area contributed by atoms with E-state index in [1.807, 2.05) is 36.4 Å². The van der Waals surface area contributed by atoms with Crippen LogP contribution in [0.4, 0.5) is 5.69 Å². The number of fused-ring (bicyclic) bond motifs is 4. The molecule has 4 aliphatic rings. The number of phenolic OH excluding ortho intramolecular Hbond substituents is 1. The van der Waals surface area contributed by atoms with E-state index in [2.05, 4.69) is 0 Å². The van der Waals surface area contributed by atoms with Crippen LogP contribution in [0.1, 0.15) is 29.9 Å². The molecule has 2 aliphatic carbocycles. The van der Waals surface area contributed by atoms with Crippen molar-refractivity contribution in [1.82, 2.24) is 5.06 Å². The number of carbonyl (C=O) groups is 4. The molecule has 0 radical (unpaired) electrons. The van der Waals surface area contributed by atoms with Crippen molar-refractivity contribution >= 4 is 40.9 Å². The predicted molar refractivity (Wildman–Crippen MR) is 148 cm³/mol. The first-order valence-electron chi connectivity index (χ1n) is 13.5. The van der Waals surface area contributed by atoms with E-state index in [1.165, 1.54) is 17.0 Å². The van der Waals surface area contributed by atoms with Crippen LogP contribution in [0.2, 0.25) is 5.02 Å². The van der Waals surface area contributed by atoms with Crippen molar-refractivity contribution in [2.75, 3.05) is 4.90 Å². The maximum Gasteiger partial charge on any atom is 0.257 e. The number of nitrogens with zero attached hydrogens (tertiary/aromatic N) is 2. The molecule has 7 rings (SSSR count). The fraction of sp³-hybridized carbons (Fsp3) is 0.250. The Bertz CT molecular complexity index is 1650. The molecule has 2 heterocycles. The van der Waals surface area contributed by atoms with Gasteiger partial charge in [0, 0.05) is 10.9 Å². The lowest BCUT2D eigenvalue weighted by atomic mass is 9.49. The number of hydrogen-bond donors (Lipinski definition) is 2. The third kappa shape index (κ3) is 3.44. The number of hydrogen-bond acceptors (Lipinski definition) is 6. The quantitative estimate of drug-likeness (QED) is 0.271. The van der Waals surface area contributed by atoms with Gasteiger partial charge in [-0.1, -0.05) is 71.8 Å². The lowest BCUT2D eigenvalue weighted by Gasteiger charge is -2.50. The first kappa shape index (κ1) is 25.7. The van der Waals surface area contributed by atoms with Crippen LogP contribution < -0.4 is 4.90 Å². The summed E-state index contributed by atoms with van der Waals surface area (Å²) in [5.74, 6) is -5.81. The molecule has 0 spiro atoms. The number of halogens is 1. The Morgan fingerprint density at radius 1 is 0.829 bits per heavy atom. The van der Waals surface area contributed by atoms with Crippen molar-refractivity contribution in [3.63, 3.8) is 0 Å². The van der Waals surface area contributed by atoms with Gasteiger partial charge in [0.1, 0.15) is 5.75 Å². The molecule has 206 valence electrons. The van der Waals surface area contributed by atoms with Crippen LogP contribution in [0.5, 0.6) is 5.75 Å². The van der Waals surface area contributed by atoms with Crippen molar-refractivity contribution in [2.45, 2.75) is 24.2 Å². The summed E-state index contributed by atoms with van der Waals surface area (Å²) in [4.78, 5) is 56.6. The molecule has 8 nitrogen and oxygen atoms in total. The Hall–Kier alpha value is -4.27. The number of aromatic hydroxyl groups is 1. The number of carbonyl (C=O) groups excluding carboxylic acids is 4. The van der Waals surface area contributed by atoms with Crippen molar-refractivity contribution in [3.05, 3.63) is 107 Å². The summed E-state index contributed by atoms with van der Waals surface area (Å²) in [6.07, 6.45) is 2.28. The van der Waals surface area contributed by atoms with E-state index in [0.717, 1.165) is 5.57 Å². The summed E-state index contributed by atoms with van der Waals surface area (Å²) in [7, 11) is 0. The molecule has 1 saturated carbocycles. The zero-order valence-corrected chi connectivity index (χ0v) is 22.4. The summed E-state index contributed by atoms with van der Waals surface area (Å²) < 4.78 is 0. The number of allylic oxidation sites excluding steroid dienone is 2. The SMILES string of the molecule is O=C1C2CC=C3C(CC4C(=O)N(c5cccc(Cl)c5)C(=O)C4(c4ccccc4)C3c3ccc(O)cc3)C2C(=O)N1O. The molecule has 2 N–H and O–H groups in total. The van der Waals surface area contributed by atoms with Crippen LogP contribution >= 0.6 is 11.6 Å². The Kier molecular flexibility index (Phi) is 5.71. The van der Waals surface area contributed by atoms with E-state index in [-0.39, 0.29) is 23.7 Å². The van der Waals surface area contributed by atoms with Crippen molar-refractivity contribution in [1.29, 1.82) is 0 Å². The number of phenols is 1. The molecule has 3 fully saturated rings. The number of rotatable bonds is 3. The second kappa shape index (κ2) is 9.12.